The number of hydrogen-bond acceptors (Lipinski definition) is 7. The molecule has 7 nitrogen and oxygen atoms in total. The molecule has 2 bridgehead atoms. The van der Waals surface area contributed by atoms with E-state index in [1.165, 1.54) is 12.8 Å². The quantitative estimate of drug-likeness (QED) is 0.572. The molecule has 4 aliphatic rings. The third-order valence-corrected chi connectivity index (χ3v) is 7.62. The number of hydrogen-bond donors (Lipinski definition) is 1. The Morgan fingerprint density at radius 2 is 1.94 bits per heavy atom. The topological polar surface area (TPSA) is 59.3 Å². The van der Waals surface area contributed by atoms with E-state index in [-0.39, 0.29) is 5.82 Å². The Hall–Kier alpha value is -2.81. The summed E-state index contributed by atoms with van der Waals surface area (Å²) >= 11 is 0. The van der Waals surface area contributed by atoms with Gasteiger partial charge in [-0.3, -0.25) is 4.84 Å². The number of furan rings is 1. The van der Waals surface area contributed by atoms with Crippen molar-refractivity contribution < 1.29 is 23.1 Å². The van der Waals surface area contributed by atoms with Crippen molar-refractivity contribution in [3.63, 3.8) is 0 Å². The number of benzene rings is 2. The van der Waals surface area contributed by atoms with Gasteiger partial charge in [0.15, 0.2) is 11.5 Å². The Morgan fingerprint density at radius 3 is 2.67 bits per heavy atom. The van der Waals surface area contributed by atoms with Gasteiger partial charge in [-0.25, -0.2) is 9.51 Å². The van der Waals surface area contributed by atoms with Crippen LogP contribution in [0.15, 0.2) is 47.1 Å². The van der Waals surface area contributed by atoms with Crippen LogP contribution in [-0.4, -0.2) is 25.0 Å². The van der Waals surface area contributed by atoms with Crippen LogP contribution in [-0.2, 0) is 11.4 Å². The van der Waals surface area contributed by atoms with Crippen molar-refractivity contribution in [2.75, 3.05) is 19.3 Å². The normalized spacial score (nSPS) is 27.1. The van der Waals surface area contributed by atoms with Crippen molar-refractivity contribution in [3.8, 4) is 11.5 Å². The third kappa shape index (κ3) is 3.27. The van der Waals surface area contributed by atoms with E-state index in [0.717, 1.165) is 48.3 Å². The Balaban J connectivity index is 1.42. The maximum atomic E-state index is 14.3. The second kappa shape index (κ2) is 7.90. The minimum Gasteiger partial charge on any atom is -0.497 e. The largest absolute Gasteiger partial charge is 0.497 e. The predicted octanol–water partition coefficient (Wildman–Crippen LogP) is 5.17. The minimum absolute atomic E-state index is 0.373. The lowest BCUT2D eigenvalue weighted by atomic mass is 9.65. The lowest BCUT2D eigenvalue weighted by Gasteiger charge is -2.51. The summed E-state index contributed by atoms with van der Waals surface area (Å²) in [5, 5.41) is 4.62. The lowest BCUT2D eigenvalue weighted by molar-refractivity contribution is -0.201. The van der Waals surface area contributed by atoms with Crippen molar-refractivity contribution >= 4 is 16.7 Å². The van der Waals surface area contributed by atoms with E-state index >= 15 is 0 Å². The molecule has 3 aromatic rings. The Morgan fingerprint density at radius 1 is 1.09 bits per heavy atom. The van der Waals surface area contributed by atoms with Gasteiger partial charge < -0.3 is 13.9 Å². The highest BCUT2D eigenvalue weighted by atomic mass is 19.1. The molecule has 174 valence electrons. The first kappa shape index (κ1) is 20.8. The highest BCUT2D eigenvalue weighted by molar-refractivity contribution is 5.81. The summed E-state index contributed by atoms with van der Waals surface area (Å²) in [6.45, 7) is 0.565. The van der Waals surface area contributed by atoms with Crippen LogP contribution in [0.5, 0.6) is 11.5 Å². The van der Waals surface area contributed by atoms with Gasteiger partial charge in [0.25, 0.3) is 0 Å². The molecule has 1 aliphatic heterocycles. The first-order chi connectivity index (χ1) is 16.1. The summed E-state index contributed by atoms with van der Waals surface area (Å²) < 4.78 is 30.7. The smallest absolute Gasteiger partial charge is 0.169 e. The Labute approximate surface area is 191 Å². The monoisotopic (exact) mass is 453 g/mol. The van der Waals surface area contributed by atoms with Crippen molar-refractivity contribution in [2.45, 2.75) is 44.4 Å². The molecule has 1 saturated heterocycles. The van der Waals surface area contributed by atoms with Gasteiger partial charge in [0.2, 0.25) is 0 Å². The van der Waals surface area contributed by atoms with Gasteiger partial charge >= 0.3 is 0 Å². The molecular formula is C25H28FN3O4. The molecule has 3 aliphatic carbocycles. The number of ether oxygens (including phenoxy) is 2. The molecular weight excluding hydrogens is 425 g/mol. The average Bonchev–Trinajstić information content (AvgIpc) is 3.40. The number of methoxy groups -OCH3 is 2. The van der Waals surface area contributed by atoms with Gasteiger partial charge in [-0.05, 0) is 62.3 Å². The zero-order valence-corrected chi connectivity index (χ0v) is 18.8. The number of anilines is 1. The SMILES string of the molecule is COc1ccc(CN2N(c3ccc4occ(F)c4c3)NOC23CC2CCC3CC2)c(OC)c1. The van der Waals surface area contributed by atoms with Gasteiger partial charge in [-0.2, -0.15) is 5.01 Å². The van der Waals surface area contributed by atoms with Crippen molar-refractivity contribution in [1.82, 2.24) is 10.6 Å². The molecule has 7 rings (SSSR count). The van der Waals surface area contributed by atoms with Crippen molar-refractivity contribution in [2.24, 2.45) is 11.8 Å². The molecule has 2 heterocycles. The molecule has 1 atom stereocenters. The Bertz CT molecular complexity index is 1180. The van der Waals surface area contributed by atoms with E-state index in [2.05, 4.69) is 10.6 Å². The first-order valence-electron chi connectivity index (χ1n) is 11.5. The zero-order valence-electron chi connectivity index (χ0n) is 18.8. The van der Waals surface area contributed by atoms with E-state index in [1.807, 2.05) is 29.4 Å². The average molecular weight is 454 g/mol. The van der Waals surface area contributed by atoms with Crippen LogP contribution < -0.4 is 20.2 Å². The van der Waals surface area contributed by atoms with Crippen LogP contribution in [0.4, 0.5) is 10.1 Å². The fraction of sp³-hybridized carbons (Fsp3) is 0.440. The standard InChI is InChI=1S/C25H28FN3O4/c1-30-20-9-5-17(24(12-20)31-2)14-28-25(13-16-3-6-18(25)7-4-16)33-27-29(28)19-8-10-23-21(11-19)22(26)15-32-23/h5,8-12,15-16,18,27H,3-4,6-7,13-14H2,1-2H3. The highest BCUT2D eigenvalue weighted by Gasteiger charge is 2.58. The number of fused-ring (bicyclic) bond motifs is 3. The summed E-state index contributed by atoms with van der Waals surface area (Å²) in [5.41, 5.74) is 5.03. The van der Waals surface area contributed by atoms with Crippen molar-refractivity contribution in [1.29, 1.82) is 0 Å². The van der Waals surface area contributed by atoms with Crippen LogP contribution in [0.3, 0.4) is 0 Å². The number of nitrogens with one attached hydrogen (secondary N) is 1. The molecule has 3 saturated carbocycles. The number of hydrazine groups is 2. The molecule has 0 radical (unpaired) electrons. The lowest BCUT2D eigenvalue weighted by Crippen LogP contribution is -2.59. The maximum Gasteiger partial charge on any atom is 0.169 e. The molecule has 1 aromatic heterocycles. The van der Waals surface area contributed by atoms with E-state index in [1.54, 1.807) is 26.4 Å². The molecule has 4 fully saturated rings. The van der Waals surface area contributed by atoms with E-state index in [4.69, 9.17) is 18.7 Å². The number of rotatable bonds is 5. The number of halogens is 1. The summed E-state index contributed by atoms with van der Waals surface area (Å²) in [5.74, 6) is 2.19. The summed E-state index contributed by atoms with van der Waals surface area (Å²) in [6.07, 6.45) is 6.90. The summed E-state index contributed by atoms with van der Waals surface area (Å²) in [4.78, 5) is 6.43. The number of nitrogens with zero attached hydrogens (tertiary/aromatic N) is 2. The van der Waals surface area contributed by atoms with E-state index < -0.39 is 5.72 Å². The summed E-state index contributed by atoms with van der Waals surface area (Å²) in [7, 11) is 3.32. The van der Waals surface area contributed by atoms with Crippen LogP contribution in [0.2, 0.25) is 0 Å². The molecule has 0 amide bonds. The summed E-state index contributed by atoms with van der Waals surface area (Å²) in [6, 6.07) is 11.4. The van der Waals surface area contributed by atoms with Gasteiger partial charge in [-0.15, -0.1) is 0 Å². The van der Waals surface area contributed by atoms with Gasteiger partial charge in [-0.1, -0.05) is 11.7 Å². The zero-order chi connectivity index (χ0) is 22.6. The third-order valence-electron chi connectivity index (χ3n) is 7.62. The van der Waals surface area contributed by atoms with Crippen LogP contribution in [0.1, 0.15) is 37.7 Å². The van der Waals surface area contributed by atoms with Crippen molar-refractivity contribution in [3.05, 3.63) is 54.0 Å². The fourth-order valence-electron chi connectivity index (χ4n) is 5.89. The van der Waals surface area contributed by atoms with Crippen LogP contribution in [0, 0.1) is 17.7 Å². The molecule has 8 heteroatoms. The minimum atomic E-state index is -0.462. The second-order valence-corrected chi connectivity index (χ2v) is 9.27. The molecule has 1 N–H and O–H groups in total. The van der Waals surface area contributed by atoms with E-state index in [9.17, 15) is 4.39 Å². The van der Waals surface area contributed by atoms with Gasteiger partial charge in [0.1, 0.15) is 23.3 Å². The highest BCUT2D eigenvalue weighted by Crippen LogP contribution is 2.53. The molecule has 1 spiro atoms. The maximum absolute atomic E-state index is 14.3. The fourth-order valence-corrected chi connectivity index (χ4v) is 5.89. The van der Waals surface area contributed by atoms with Gasteiger partial charge in [0, 0.05) is 17.5 Å². The molecule has 2 aromatic carbocycles. The molecule has 33 heavy (non-hydrogen) atoms. The predicted molar refractivity (Wildman–Crippen MR) is 121 cm³/mol. The Kier molecular flexibility index (Phi) is 4.97. The molecule has 1 unspecified atom stereocenters. The van der Waals surface area contributed by atoms with Gasteiger partial charge in [0.05, 0.1) is 31.8 Å². The van der Waals surface area contributed by atoms with Crippen LogP contribution in [0.25, 0.3) is 11.0 Å². The van der Waals surface area contributed by atoms with E-state index in [0.29, 0.717) is 29.3 Å². The first-order valence-corrected chi connectivity index (χ1v) is 11.5. The van der Waals surface area contributed by atoms with Crippen LogP contribution >= 0.6 is 0 Å². The second-order valence-electron chi connectivity index (χ2n) is 9.27.